The van der Waals surface area contributed by atoms with Crippen molar-refractivity contribution in [3.8, 4) is 0 Å². The van der Waals surface area contributed by atoms with Crippen molar-refractivity contribution in [2.45, 2.75) is 25.3 Å². The lowest BCUT2D eigenvalue weighted by Gasteiger charge is -2.17. The lowest BCUT2D eigenvalue weighted by molar-refractivity contribution is 0.0925. The van der Waals surface area contributed by atoms with Crippen molar-refractivity contribution < 1.29 is 9.18 Å². The molecule has 1 heterocycles. The highest BCUT2D eigenvalue weighted by atomic mass is 19.1. The van der Waals surface area contributed by atoms with E-state index >= 15 is 0 Å². The van der Waals surface area contributed by atoms with Gasteiger partial charge in [-0.1, -0.05) is 18.2 Å². The van der Waals surface area contributed by atoms with Crippen LogP contribution in [-0.2, 0) is 5.54 Å². The molecule has 1 aromatic heterocycles. The minimum Gasteiger partial charge on any atom is -0.341 e. The number of rotatable bonds is 3. The minimum absolute atomic E-state index is 0.273. The molecule has 98 valence electrons. The second-order valence-electron chi connectivity index (χ2n) is 4.95. The normalized spacial score (nSPS) is 16.1. The van der Waals surface area contributed by atoms with E-state index < -0.39 is 5.54 Å². The van der Waals surface area contributed by atoms with E-state index in [-0.39, 0.29) is 11.7 Å². The number of carbonyl (C=O) groups excluding carboxylic acids is 1. The maximum absolute atomic E-state index is 13.8. The van der Waals surface area contributed by atoms with Crippen LogP contribution in [0, 0.1) is 12.7 Å². The molecule has 1 fully saturated rings. The summed E-state index contributed by atoms with van der Waals surface area (Å²) >= 11 is 0. The molecule has 1 amide bonds. The van der Waals surface area contributed by atoms with Crippen molar-refractivity contribution in [2.24, 2.45) is 0 Å². The molecule has 4 nitrogen and oxygen atoms in total. The summed E-state index contributed by atoms with van der Waals surface area (Å²) in [5.41, 5.74) is 1.14. The quantitative estimate of drug-likeness (QED) is 0.888. The Hall–Kier alpha value is -2.17. The molecule has 1 aliphatic rings. The summed E-state index contributed by atoms with van der Waals surface area (Å²) in [6.07, 6.45) is 1.51. The molecule has 5 heteroatoms. The van der Waals surface area contributed by atoms with Crippen LogP contribution in [0.1, 0.15) is 34.6 Å². The van der Waals surface area contributed by atoms with Crippen molar-refractivity contribution in [2.75, 3.05) is 0 Å². The highest BCUT2D eigenvalue weighted by molar-refractivity contribution is 5.93. The van der Waals surface area contributed by atoms with Crippen LogP contribution in [-0.4, -0.2) is 16.1 Å². The fourth-order valence-electron chi connectivity index (χ4n) is 2.25. The average molecular weight is 259 g/mol. The zero-order valence-electron chi connectivity index (χ0n) is 10.5. The predicted molar refractivity (Wildman–Crippen MR) is 68.1 cm³/mol. The first-order valence-electron chi connectivity index (χ1n) is 6.20. The summed E-state index contributed by atoms with van der Waals surface area (Å²) in [5, 5.41) is 9.53. The van der Waals surface area contributed by atoms with Gasteiger partial charge >= 0.3 is 0 Å². The average Bonchev–Trinajstić information content (AvgIpc) is 3.02. The molecular weight excluding hydrogens is 245 g/mol. The molecule has 0 spiro atoms. The Morgan fingerprint density at radius 1 is 1.42 bits per heavy atom. The third-order valence-corrected chi connectivity index (χ3v) is 3.43. The van der Waals surface area contributed by atoms with Crippen molar-refractivity contribution >= 4 is 5.91 Å². The maximum atomic E-state index is 13.8. The molecule has 2 aromatic rings. The topological polar surface area (TPSA) is 57.8 Å². The van der Waals surface area contributed by atoms with Gasteiger partial charge in [0, 0.05) is 11.3 Å². The van der Waals surface area contributed by atoms with E-state index in [0.29, 0.717) is 11.3 Å². The van der Waals surface area contributed by atoms with Gasteiger partial charge in [-0.15, -0.1) is 0 Å². The van der Waals surface area contributed by atoms with E-state index in [1.807, 2.05) is 6.92 Å². The van der Waals surface area contributed by atoms with Gasteiger partial charge in [0.1, 0.15) is 11.5 Å². The summed E-state index contributed by atoms with van der Waals surface area (Å²) in [4.78, 5) is 12.1. The van der Waals surface area contributed by atoms with Crippen LogP contribution in [0.2, 0.25) is 0 Å². The molecule has 0 bridgehead atoms. The zero-order chi connectivity index (χ0) is 13.5. The number of nitrogens with zero attached hydrogens (tertiary/aromatic N) is 1. The van der Waals surface area contributed by atoms with Crippen molar-refractivity contribution in [1.82, 2.24) is 15.5 Å². The van der Waals surface area contributed by atoms with E-state index in [2.05, 4.69) is 15.5 Å². The van der Waals surface area contributed by atoms with Gasteiger partial charge in [0.15, 0.2) is 0 Å². The number of aromatic amines is 1. The number of H-pyrrole nitrogens is 1. The smallest absolute Gasteiger partial charge is 0.272 e. The first-order valence-corrected chi connectivity index (χ1v) is 6.20. The van der Waals surface area contributed by atoms with Crippen LogP contribution in [0.3, 0.4) is 0 Å². The number of hydrogen-bond donors (Lipinski definition) is 2. The van der Waals surface area contributed by atoms with Gasteiger partial charge in [-0.25, -0.2) is 4.39 Å². The molecule has 0 saturated heterocycles. The SMILES string of the molecule is Cc1cc(C(=O)NC2(c3ccccc3F)CC2)n[nH]1. The largest absolute Gasteiger partial charge is 0.341 e. The van der Waals surface area contributed by atoms with Gasteiger partial charge in [0.25, 0.3) is 5.91 Å². The molecular formula is C14H14FN3O. The predicted octanol–water partition coefficient (Wildman–Crippen LogP) is 2.28. The monoisotopic (exact) mass is 259 g/mol. The first kappa shape index (κ1) is 11.9. The molecule has 1 aliphatic carbocycles. The van der Waals surface area contributed by atoms with Crippen molar-refractivity contribution in [1.29, 1.82) is 0 Å². The Morgan fingerprint density at radius 2 is 2.16 bits per heavy atom. The van der Waals surface area contributed by atoms with Crippen LogP contribution in [0.25, 0.3) is 0 Å². The molecule has 3 rings (SSSR count). The second-order valence-corrected chi connectivity index (χ2v) is 4.95. The number of halogens is 1. The highest BCUT2D eigenvalue weighted by Gasteiger charge is 2.47. The fraction of sp³-hybridized carbons (Fsp3) is 0.286. The van der Waals surface area contributed by atoms with Crippen molar-refractivity contribution in [3.05, 3.63) is 53.1 Å². The third-order valence-electron chi connectivity index (χ3n) is 3.43. The minimum atomic E-state index is -0.560. The van der Waals surface area contributed by atoms with Crippen LogP contribution in [0.4, 0.5) is 4.39 Å². The Morgan fingerprint density at radius 3 is 2.74 bits per heavy atom. The summed E-state index contributed by atoms with van der Waals surface area (Å²) in [6.45, 7) is 1.83. The summed E-state index contributed by atoms with van der Waals surface area (Å²) in [7, 11) is 0. The standard InChI is InChI=1S/C14H14FN3O/c1-9-8-12(18-17-9)13(19)16-14(6-7-14)10-4-2-3-5-11(10)15/h2-5,8H,6-7H2,1H3,(H,16,19)(H,17,18). The Balaban J connectivity index is 1.83. The van der Waals surface area contributed by atoms with Gasteiger partial charge in [-0.3, -0.25) is 9.89 Å². The number of aromatic nitrogens is 2. The van der Waals surface area contributed by atoms with Gasteiger partial charge in [-0.05, 0) is 31.9 Å². The van der Waals surface area contributed by atoms with E-state index in [4.69, 9.17) is 0 Å². The third kappa shape index (κ3) is 2.12. The Kier molecular flexibility index (Phi) is 2.62. The highest BCUT2D eigenvalue weighted by Crippen LogP contribution is 2.46. The summed E-state index contributed by atoms with van der Waals surface area (Å²) in [6, 6.07) is 8.24. The number of amides is 1. The fourth-order valence-corrected chi connectivity index (χ4v) is 2.25. The van der Waals surface area contributed by atoms with Crippen LogP contribution in [0.15, 0.2) is 30.3 Å². The molecule has 0 atom stereocenters. The van der Waals surface area contributed by atoms with E-state index in [0.717, 1.165) is 18.5 Å². The Labute approximate surface area is 110 Å². The van der Waals surface area contributed by atoms with E-state index in [1.165, 1.54) is 6.07 Å². The van der Waals surface area contributed by atoms with Gasteiger partial charge < -0.3 is 5.32 Å². The maximum Gasteiger partial charge on any atom is 0.272 e. The molecule has 0 radical (unpaired) electrons. The second kappa shape index (κ2) is 4.19. The lowest BCUT2D eigenvalue weighted by Crippen LogP contribution is -2.35. The van der Waals surface area contributed by atoms with Crippen LogP contribution < -0.4 is 5.32 Å². The summed E-state index contributed by atoms with van der Waals surface area (Å²) in [5.74, 6) is -0.552. The first-order chi connectivity index (χ1) is 9.11. The van der Waals surface area contributed by atoms with E-state index in [1.54, 1.807) is 24.3 Å². The summed E-state index contributed by atoms with van der Waals surface area (Å²) < 4.78 is 13.8. The van der Waals surface area contributed by atoms with Gasteiger partial charge in [0.2, 0.25) is 0 Å². The zero-order valence-corrected chi connectivity index (χ0v) is 10.5. The molecule has 0 unspecified atom stereocenters. The molecule has 19 heavy (non-hydrogen) atoms. The van der Waals surface area contributed by atoms with E-state index in [9.17, 15) is 9.18 Å². The number of aryl methyl sites for hydroxylation is 1. The number of nitrogens with one attached hydrogen (secondary N) is 2. The van der Waals surface area contributed by atoms with Gasteiger partial charge in [0.05, 0.1) is 5.54 Å². The lowest BCUT2D eigenvalue weighted by atomic mass is 10.0. The van der Waals surface area contributed by atoms with Crippen LogP contribution >= 0.6 is 0 Å². The Bertz CT molecular complexity index is 631. The van der Waals surface area contributed by atoms with Crippen molar-refractivity contribution in [3.63, 3.8) is 0 Å². The molecule has 1 aromatic carbocycles. The van der Waals surface area contributed by atoms with Crippen LogP contribution in [0.5, 0.6) is 0 Å². The number of carbonyl (C=O) groups is 1. The molecule has 2 N–H and O–H groups in total. The molecule has 1 saturated carbocycles. The van der Waals surface area contributed by atoms with Gasteiger partial charge in [-0.2, -0.15) is 5.10 Å². The molecule has 0 aliphatic heterocycles. The number of hydrogen-bond acceptors (Lipinski definition) is 2. The number of benzene rings is 1.